The molecule has 170 valence electrons. The summed E-state index contributed by atoms with van der Waals surface area (Å²) in [7, 11) is 0. The van der Waals surface area contributed by atoms with Crippen LogP contribution in [0.3, 0.4) is 0 Å². The van der Waals surface area contributed by atoms with E-state index in [0.717, 1.165) is 0 Å². The highest BCUT2D eigenvalue weighted by Crippen LogP contribution is 2.33. The molecule has 10 heteroatoms. The number of hydrogen-bond donors (Lipinski definition) is 5. The van der Waals surface area contributed by atoms with Crippen molar-refractivity contribution in [3.63, 3.8) is 0 Å². The van der Waals surface area contributed by atoms with Crippen LogP contribution in [0.1, 0.15) is 47.0 Å². The molecule has 0 aromatic carbocycles. The maximum atomic E-state index is 10.5. The van der Waals surface area contributed by atoms with Gasteiger partial charge >= 0.3 is 0 Å². The molecule has 0 radical (unpaired) electrons. The summed E-state index contributed by atoms with van der Waals surface area (Å²) in [5, 5.41) is 51.0. The van der Waals surface area contributed by atoms with E-state index in [1.807, 2.05) is 0 Å². The molecule has 0 bridgehead atoms. The molecule has 3 fully saturated rings. The molecule has 0 aromatic heterocycles. The van der Waals surface area contributed by atoms with Gasteiger partial charge in [-0.25, -0.2) is 0 Å². The van der Waals surface area contributed by atoms with Crippen molar-refractivity contribution >= 4 is 0 Å². The fourth-order valence-electron chi connectivity index (χ4n) is 4.19. The van der Waals surface area contributed by atoms with Crippen molar-refractivity contribution in [2.24, 2.45) is 0 Å². The summed E-state index contributed by atoms with van der Waals surface area (Å²) in [4.78, 5) is 0. The molecule has 3 rings (SSSR count). The third kappa shape index (κ3) is 5.27. The number of aliphatic hydroxyl groups is 5. The molecule has 3 aliphatic rings. The van der Waals surface area contributed by atoms with Crippen LogP contribution in [0.4, 0.5) is 0 Å². The molecule has 3 heterocycles. The van der Waals surface area contributed by atoms with E-state index < -0.39 is 73.3 Å². The van der Waals surface area contributed by atoms with Crippen molar-refractivity contribution in [3.05, 3.63) is 0 Å². The highest BCUT2D eigenvalue weighted by molar-refractivity contribution is 4.92. The quantitative estimate of drug-likeness (QED) is 0.382. The van der Waals surface area contributed by atoms with Crippen LogP contribution in [-0.2, 0) is 23.7 Å². The fraction of sp³-hybridized carbons (Fsp3) is 1.00. The van der Waals surface area contributed by atoms with Crippen molar-refractivity contribution in [3.8, 4) is 0 Å². The van der Waals surface area contributed by atoms with Crippen LogP contribution in [0.15, 0.2) is 0 Å². The Hall–Kier alpha value is -0.400. The fourth-order valence-corrected chi connectivity index (χ4v) is 4.19. The molecule has 0 aliphatic carbocycles. The molecular weight excluding hydrogens is 388 g/mol. The van der Waals surface area contributed by atoms with E-state index in [4.69, 9.17) is 23.7 Å². The Morgan fingerprint density at radius 1 is 0.759 bits per heavy atom. The molecule has 10 nitrogen and oxygen atoms in total. The molecule has 5 N–H and O–H groups in total. The molecule has 0 amide bonds. The largest absolute Gasteiger partial charge is 0.388 e. The lowest BCUT2D eigenvalue weighted by Crippen LogP contribution is -2.58. The summed E-state index contributed by atoms with van der Waals surface area (Å²) in [6.07, 6.45) is -8.46. The Labute approximate surface area is 170 Å². The SMILES string of the molecule is C[C@H]1O[C@@H](O[C@@H]2C[C@H](O)O[C@H](C)[C@H]2O)C[C@@H](O[C@H]2C[C@@](C)(O)[C@H](O)[C@@H](C)O2)[C@@H]1O. The third-order valence-corrected chi connectivity index (χ3v) is 6.00. The lowest BCUT2D eigenvalue weighted by molar-refractivity contribution is -0.331. The summed E-state index contributed by atoms with van der Waals surface area (Å²) < 4.78 is 28.3. The van der Waals surface area contributed by atoms with Gasteiger partial charge in [0.05, 0.1) is 36.1 Å². The zero-order chi connectivity index (χ0) is 21.5. The lowest BCUT2D eigenvalue weighted by Gasteiger charge is -2.45. The number of ether oxygens (including phenoxy) is 5. The molecule has 0 aromatic rings. The topological polar surface area (TPSA) is 147 Å². The summed E-state index contributed by atoms with van der Waals surface area (Å²) in [6.45, 7) is 6.48. The van der Waals surface area contributed by atoms with Gasteiger partial charge < -0.3 is 49.2 Å². The van der Waals surface area contributed by atoms with E-state index in [2.05, 4.69) is 0 Å². The van der Waals surface area contributed by atoms with Crippen molar-refractivity contribution in [1.82, 2.24) is 0 Å². The minimum Gasteiger partial charge on any atom is -0.388 e. The first-order valence-corrected chi connectivity index (χ1v) is 10.2. The van der Waals surface area contributed by atoms with Gasteiger partial charge in [0.1, 0.15) is 18.3 Å². The lowest BCUT2D eigenvalue weighted by atomic mass is 9.89. The maximum Gasteiger partial charge on any atom is 0.161 e. The highest BCUT2D eigenvalue weighted by atomic mass is 16.7. The Kier molecular flexibility index (Phi) is 7.22. The molecule has 29 heavy (non-hydrogen) atoms. The minimum atomic E-state index is -1.38. The molecule has 0 unspecified atom stereocenters. The summed E-state index contributed by atoms with van der Waals surface area (Å²) in [5.74, 6) is 0. The minimum absolute atomic E-state index is 0.0465. The van der Waals surface area contributed by atoms with Gasteiger partial charge in [-0.2, -0.15) is 0 Å². The Balaban J connectivity index is 1.62. The van der Waals surface area contributed by atoms with Crippen molar-refractivity contribution < 1.29 is 49.2 Å². The van der Waals surface area contributed by atoms with E-state index in [1.54, 1.807) is 20.8 Å². The maximum absolute atomic E-state index is 10.5. The smallest absolute Gasteiger partial charge is 0.161 e. The highest BCUT2D eigenvalue weighted by Gasteiger charge is 2.47. The van der Waals surface area contributed by atoms with E-state index in [9.17, 15) is 25.5 Å². The van der Waals surface area contributed by atoms with Crippen LogP contribution in [0.2, 0.25) is 0 Å². The first-order valence-electron chi connectivity index (χ1n) is 10.2. The predicted octanol–water partition coefficient (Wildman–Crippen LogP) is -1.01. The van der Waals surface area contributed by atoms with Crippen LogP contribution in [0.5, 0.6) is 0 Å². The molecule has 3 aliphatic heterocycles. The van der Waals surface area contributed by atoms with Crippen LogP contribution >= 0.6 is 0 Å². The van der Waals surface area contributed by atoms with Gasteiger partial charge in [0.15, 0.2) is 18.9 Å². The van der Waals surface area contributed by atoms with Crippen molar-refractivity contribution in [2.45, 2.75) is 120 Å². The first-order chi connectivity index (χ1) is 13.5. The van der Waals surface area contributed by atoms with Gasteiger partial charge in [-0.15, -0.1) is 0 Å². The summed E-state index contributed by atoms with van der Waals surface area (Å²) in [6, 6.07) is 0. The second kappa shape index (κ2) is 8.99. The van der Waals surface area contributed by atoms with E-state index in [1.165, 1.54) is 6.92 Å². The number of rotatable bonds is 4. The van der Waals surface area contributed by atoms with E-state index >= 15 is 0 Å². The van der Waals surface area contributed by atoms with Gasteiger partial charge in [-0.05, 0) is 27.7 Å². The van der Waals surface area contributed by atoms with Gasteiger partial charge in [-0.3, -0.25) is 0 Å². The van der Waals surface area contributed by atoms with Crippen molar-refractivity contribution in [1.29, 1.82) is 0 Å². The van der Waals surface area contributed by atoms with Crippen LogP contribution in [0, 0.1) is 0 Å². The standard InChI is InChI=1S/C19H34O10/c1-8-16(21)11(5-13(20)25-8)28-14-6-12(17(22)9(2)26-14)29-15-7-19(4,24)18(23)10(3)27-15/h8-18,20-24H,5-7H2,1-4H3/t8-,9-,10-,11-,12-,13-,14+,15+,16-,17-,18-,19-/m1/s1. The Morgan fingerprint density at radius 2 is 1.28 bits per heavy atom. The molecular formula is C19H34O10. The van der Waals surface area contributed by atoms with E-state index in [0.29, 0.717) is 0 Å². The Bertz CT molecular complexity index is 545. The molecule has 0 spiro atoms. The summed E-state index contributed by atoms with van der Waals surface area (Å²) in [5.41, 5.74) is -1.38. The van der Waals surface area contributed by atoms with Crippen LogP contribution in [-0.4, -0.2) is 98.8 Å². The van der Waals surface area contributed by atoms with Crippen LogP contribution < -0.4 is 0 Å². The monoisotopic (exact) mass is 422 g/mol. The zero-order valence-electron chi connectivity index (χ0n) is 17.2. The Morgan fingerprint density at radius 3 is 1.90 bits per heavy atom. The van der Waals surface area contributed by atoms with Gasteiger partial charge in [0.25, 0.3) is 0 Å². The number of aliphatic hydroxyl groups excluding tert-OH is 4. The second-order valence-corrected chi connectivity index (χ2v) is 8.65. The number of hydrogen-bond acceptors (Lipinski definition) is 10. The van der Waals surface area contributed by atoms with Gasteiger partial charge in [0, 0.05) is 19.3 Å². The average Bonchev–Trinajstić information content (AvgIpc) is 2.61. The van der Waals surface area contributed by atoms with E-state index in [-0.39, 0.29) is 19.3 Å². The first kappa shape index (κ1) is 23.3. The zero-order valence-corrected chi connectivity index (χ0v) is 17.2. The second-order valence-electron chi connectivity index (χ2n) is 8.65. The molecule has 12 atom stereocenters. The third-order valence-electron chi connectivity index (χ3n) is 6.00. The molecule has 3 saturated heterocycles. The van der Waals surface area contributed by atoms with Crippen molar-refractivity contribution in [2.75, 3.05) is 0 Å². The van der Waals surface area contributed by atoms with Gasteiger partial charge in [-0.1, -0.05) is 0 Å². The average molecular weight is 422 g/mol. The normalized spacial score (nSPS) is 54.3. The van der Waals surface area contributed by atoms with Gasteiger partial charge in [0.2, 0.25) is 0 Å². The van der Waals surface area contributed by atoms with Crippen LogP contribution in [0.25, 0.3) is 0 Å². The summed E-state index contributed by atoms with van der Waals surface area (Å²) >= 11 is 0. The predicted molar refractivity (Wildman–Crippen MR) is 97.5 cm³/mol. The molecule has 0 saturated carbocycles.